The van der Waals surface area contributed by atoms with Crippen molar-refractivity contribution < 1.29 is 21.6 Å². The fourth-order valence-electron chi connectivity index (χ4n) is 4.32. The van der Waals surface area contributed by atoms with Gasteiger partial charge in [-0.25, -0.2) is 16.8 Å². The third-order valence-corrected chi connectivity index (χ3v) is 9.91. The molecule has 8 nitrogen and oxygen atoms in total. The number of anilines is 1. The largest absolute Gasteiger partial charge is 0.325 e. The third-order valence-electron chi connectivity index (χ3n) is 5.96. The summed E-state index contributed by atoms with van der Waals surface area (Å²) in [6, 6.07) is 5.38. The lowest BCUT2D eigenvalue weighted by atomic mass is 10.0. The van der Waals surface area contributed by atoms with E-state index in [0.29, 0.717) is 44.1 Å². The van der Waals surface area contributed by atoms with Gasteiger partial charge >= 0.3 is 0 Å². The van der Waals surface area contributed by atoms with Crippen molar-refractivity contribution in [3.63, 3.8) is 0 Å². The van der Waals surface area contributed by atoms with Crippen LogP contribution in [0.3, 0.4) is 0 Å². The summed E-state index contributed by atoms with van der Waals surface area (Å²) in [4.78, 5) is 13.0. The van der Waals surface area contributed by atoms with Crippen molar-refractivity contribution in [2.45, 2.75) is 63.3 Å². The third kappa shape index (κ3) is 5.66. The van der Waals surface area contributed by atoms with E-state index in [2.05, 4.69) is 12.2 Å². The number of nitrogens with one attached hydrogen (secondary N) is 1. The SMILES string of the molecule is CCCS(=O)(=O)N1CCCCC1C(=O)Nc1ccc(S(=O)(=O)N2CCCC(C)C2)cc1. The van der Waals surface area contributed by atoms with Crippen LogP contribution in [0, 0.1) is 5.92 Å². The molecule has 1 aromatic rings. The molecule has 174 valence electrons. The van der Waals surface area contributed by atoms with Crippen molar-refractivity contribution in [1.82, 2.24) is 8.61 Å². The Bertz CT molecular complexity index is 977. The van der Waals surface area contributed by atoms with Crippen molar-refractivity contribution >= 4 is 31.6 Å². The predicted octanol–water partition coefficient (Wildman–Crippen LogP) is 2.64. The standard InChI is InChI=1S/C21H33N3O5S2/c1-3-15-30(26,27)24-14-5-4-8-20(24)21(25)22-18-9-11-19(12-10-18)31(28,29)23-13-6-7-17(2)16-23/h9-12,17,20H,3-8,13-16H2,1-2H3,(H,22,25). The highest BCUT2D eigenvalue weighted by Gasteiger charge is 2.36. The zero-order valence-corrected chi connectivity index (χ0v) is 19.9. The van der Waals surface area contributed by atoms with Gasteiger partial charge in [-0.1, -0.05) is 20.3 Å². The zero-order chi connectivity index (χ0) is 22.6. The van der Waals surface area contributed by atoms with Gasteiger partial charge in [-0.05, 0) is 62.3 Å². The van der Waals surface area contributed by atoms with Crippen molar-refractivity contribution in [2.24, 2.45) is 5.92 Å². The molecule has 2 unspecified atom stereocenters. The second kappa shape index (κ2) is 9.97. The summed E-state index contributed by atoms with van der Waals surface area (Å²) in [5.74, 6) is -0.0114. The molecule has 0 radical (unpaired) electrons. The Morgan fingerprint density at radius 3 is 2.39 bits per heavy atom. The van der Waals surface area contributed by atoms with Gasteiger partial charge in [0.15, 0.2) is 0 Å². The lowest BCUT2D eigenvalue weighted by Gasteiger charge is -2.33. The summed E-state index contributed by atoms with van der Waals surface area (Å²) >= 11 is 0. The van der Waals surface area contributed by atoms with Gasteiger partial charge in [-0.3, -0.25) is 4.79 Å². The molecule has 2 atom stereocenters. The van der Waals surface area contributed by atoms with Gasteiger partial charge in [0.1, 0.15) is 6.04 Å². The highest BCUT2D eigenvalue weighted by Crippen LogP contribution is 2.26. The van der Waals surface area contributed by atoms with Gasteiger partial charge in [0.2, 0.25) is 26.0 Å². The number of carbonyl (C=O) groups excluding carboxylic acids is 1. The van der Waals surface area contributed by atoms with Crippen molar-refractivity contribution in [2.75, 3.05) is 30.7 Å². The van der Waals surface area contributed by atoms with Crippen molar-refractivity contribution in [3.05, 3.63) is 24.3 Å². The van der Waals surface area contributed by atoms with Crippen LogP contribution in [0.15, 0.2) is 29.2 Å². The number of carbonyl (C=O) groups is 1. The number of sulfonamides is 2. The van der Waals surface area contributed by atoms with Crippen molar-refractivity contribution in [3.8, 4) is 0 Å². The summed E-state index contributed by atoms with van der Waals surface area (Å²) in [6.45, 7) is 5.25. The first-order valence-corrected chi connectivity index (χ1v) is 14.1. The maximum absolute atomic E-state index is 12.9. The molecule has 31 heavy (non-hydrogen) atoms. The molecule has 2 heterocycles. The maximum atomic E-state index is 12.9. The summed E-state index contributed by atoms with van der Waals surface area (Å²) < 4.78 is 53.7. The highest BCUT2D eigenvalue weighted by atomic mass is 32.2. The average molecular weight is 472 g/mol. The molecule has 2 fully saturated rings. The van der Waals surface area contributed by atoms with Gasteiger partial charge in [0.25, 0.3) is 0 Å². The molecule has 0 saturated carbocycles. The second-order valence-electron chi connectivity index (χ2n) is 8.56. The number of benzene rings is 1. The van der Waals surface area contributed by atoms with E-state index in [-0.39, 0.29) is 16.6 Å². The highest BCUT2D eigenvalue weighted by molar-refractivity contribution is 7.89. The van der Waals surface area contributed by atoms with E-state index < -0.39 is 26.1 Å². The van der Waals surface area contributed by atoms with Gasteiger partial charge in [-0.15, -0.1) is 0 Å². The maximum Gasteiger partial charge on any atom is 0.243 e. The van der Waals surface area contributed by atoms with E-state index in [9.17, 15) is 21.6 Å². The summed E-state index contributed by atoms with van der Waals surface area (Å²) in [7, 11) is -7.04. The minimum Gasteiger partial charge on any atom is -0.325 e. The van der Waals surface area contributed by atoms with E-state index in [1.807, 2.05) is 0 Å². The molecular weight excluding hydrogens is 438 g/mol. The van der Waals surface area contributed by atoms with Crippen LogP contribution in [0.1, 0.15) is 52.4 Å². The summed E-state index contributed by atoms with van der Waals surface area (Å²) in [6.07, 6.45) is 4.40. The summed E-state index contributed by atoms with van der Waals surface area (Å²) in [5, 5.41) is 2.77. The molecule has 2 aliphatic heterocycles. The van der Waals surface area contributed by atoms with Crippen LogP contribution in [0.2, 0.25) is 0 Å². The molecule has 0 bridgehead atoms. The normalized spacial score (nSPS) is 24.1. The molecule has 1 amide bonds. The van der Waals surface area contributed by atoms with E-state index in [1.165, 1.54) is 20.7 Å². The molecule has 2 aliphatic rings. The average Bonchev–Trinajstić information content (AvgIpc) is 2.74. The first-order valence-electron chi connectivity index (χ1n) is 11.1. The Labute approximate surface area is 186 Å². The van der Waals surface area contributed by atoms with Gasteiger partial charge < -0.3 is 5.32 Å². The van der Waals surface area contributed by atoms with Crippen LogP contribution in [-0.4, -0.2) is 62.8 Å². The smallest absolute Gasteiger partial charge is 0.243 e. The molecule has 1 aromatic carbocycles. The Kier molecular flexibility index (Phi) is 7.77. The molecule has 0 aliphatic carbocycles. The van der Waals surface area contributed by atoms with Gasteiger partial charge in [0.05, 0.1) is 10.6 Å². The Morgan fingerprint density at radius 2 is 1.74 bits per heavy atom. The molecule has 3 rings (SSSR count). The topological polar surface area (TPSA) is 104 Å². The van der Waals surface area contributed by atoms with E-state index >= 15 is 0 Å². The van der Waals surface area contributed by atoms with E-state index in [4.69, 9.17) is 0 Å². The molecule has 0 aromatic heterocycles. The predicted molar refractivity (Wildman–Crippen MR) is 121 cm³/mol. The van der Waals surface area contributed by atoms with Crippen molar-refractivity contribution in [1.29, 1.82) is 0 Å². The molecule has 1 N–H and O–H groups in total. The molecule has 10 heteroatoms. The van der Waals surface area contributed by atoms with Gasteiger partial charge in [0, 0.05) is 25.3 Å². The lowest BCUT2D eigenvalue weighted by Crippen LogP contribution is -2.50. The number of amides is 1. The Hall–Kier alpha value is -1.49. The lowest BCUT2D eigenvalue weighted by molar-refractivity contribution is -0.120. The minimum absolute atomic E-state index is 0.0262. The van der Waals surface area contributed by atoms with Crippen LogP contribution >= 0.6 is 0 Å². The zero-order valence-electron chi connectivity index (χ0n) is 18.3. The van der Waals surface area contributed by atoms with Gasteiger partial charge in [-0.2, -0.15) is 8.61 Å². The summed E-state index contributed by atoms with van der Waals surface area (Å²) in [5.41, 5.74) is 0.453. The molecule has 0 spiro atoms. The number of piperidine rings is 2. The number of hydrogen-bond donors (Lipinski definition) is 1. The fraction of sp³-hybridized carbons (Fsp3) is 0.667. The number of rotatable bonds is 7. The van der Waals surface area contributed by atoms with Crippen LogP contribution in [-0.2, 0) is 24.8 Å². The van der Waals surface area contributed by atoms with Crippen LogP contribution in [0.25, 0.3) is 0 Å². The van der Waals surface area contributed by atoms with E-state index in [1.54, 1.807) is 19.1 Å². The molecule has 2 saturated heterocycles. The van der Waals surface area contributed by atoms with Crippen LogP contribution in [0.5, 0.6) is 0 Å². The van der Waals surface area contributed by atoms with E-state index in [0.717, 1.165) is 25.7 Å². The minimum atomic E-state index is -3.56. The molecular formula is C21H33N3O5S2. The fourth-order valence-corrected chi connectivity index (χ4v) is 7.67. The second-order valence-corrected chi connectivity index (χ2v) is 12.5. The van der Waals surface area contributed by atoms with Crippen LogP contribution in [0.4, 0.5) is 5.69 Å². The van der Waals surface area contributed by atoms with Crippen LogP contribution < -0.4 is 5.32 Å². The number of nitrogens with zero attached hydrogens (tertiary/aromatic N) is 2. The Morgan fingerprint density at radius 1 is 1.03 bits per heavy atom. The first kappa shape index (κ1) is 24.2. The first-order chi connectivity index (χ1) is 14.6. The quantitative estimate of drug-likeness (QED) is 0.658. The number of hydrogen-bond acceptors (Lipinski definition) is 5. The monoisotopic (exact) mass is 471 g/mol. The Balaban J connectivity index is 1.71.